The molecule has 4 aromatic rings. The molecule has 0 amide bonds. The second-order valence-electron chi connectivity index (χ2n) is 8.84. The molecule has 0 radical (unpaired) electrons. The van der Waals surface area contributed by atoms with Gasteiger partial charge in [0.15, 0.2) is 0 Å². The summed E-state index contributed by atoms with van der Waals surface area (Å²) in [5.41, 5.74) is 2.60. The second kappa shape index (κ2) is 8.62. The van der Waals surface area contributed by atoms with Gasteiger partial charge in [0.2, 0.25) is 0 Å². The van der Waals surface area contributed by atoms with Crippen molar-refractivity contribution in [3.05, 3.63) is 76.5 Å². The van der Waals surface area contributed by atoms with Crippen molar-refractivity contribution in [2.24, 2.45) is 5.10 Å². The smallest absolute Gasteiger partial charge is 0.261 e. The zero-order chi connectivity index (χ0) is 23.1. The number of hydrogen-bond acceptors (Lipinski definition) is 7. The Balaban J connectivity index is 1.43. The first-order valence-electron chi connectivity index (χ1n) is 11.6. The molecule has 172 valence electrons. The highest BCUT2D eigenvalue weighted by molar-refractivity contribution is 6.06. The van der Waals surface area contributed by atoms with Gasteiger partial charge in [-0.3, -0.25) is 9.36 Å². The lowest BCUT2D eigenvalue weighted by molar-refractivity contribution is -0.0303. The number of anilines is 1. The van der Waals surface area contributed by atoms with Crippen molar-refractivity contribution in [2.75, 3.05) is 24.8 Å². The van der Waals surface area contributed by atoms with E-state index in [1.54, 1.807) is 6.33 Å². The Kier molecular flexibility index (Phi) is 5.31. The summed E-state index contributed by atoms with van der Waals surface area (Å²) in [4.78, 5) is 22.8. The Hall–Kier alpha value is -3.62. The van der Waals surface area contributed by atoms with E-state index in [1.165, 1.54) is 4.57 Å². The lowest BCUT2D eigenvalue weighted by Gasteiger charge is -2.29. The van der Waals surface area contributed by atoms with Crippen LogP contribution in [0.2, 0.25) is 0 Å². The van der Waals surface area contributed by atoms with E-state index < -0.39 is 12.1 Å². The molecule has 0 unspecified atom stereocenters. The average Bonchev–Trinajstić information content (AvgIpc) is 3.41. The molecule has 0 saturated carbocycles. The number of nitrogens with zero attached hydrogens (tertiary/aromatic N) is 5. The third kappa shape index (κ3) is 3.65. The molecule has 1 fully saturated rings. The van der Waals surface area contributed by atoms with Crippen molar-refractivity contribution in [3.8, 4) is 0 Å². The van der Waals surface area contributed by atoms with Gasteiger partial charge in [-0.25, -0.2) is 15.0 Å². The maximum absolute atomic E-state index is 13.5. The van der Waals surface area contributed by atoms with Crippen molar-refractivity contribution in [2.45, 2.75) is 31.4 Å². The van der Waals surface area contributed by atoms with Gasteiger partial charge in [0.25, 0.3) is 5.56 Å². The van der Waals surface area contributed by atoms with E-state index in [-0.39, 0.29) is 5.56 Å². The first-order valence-corrected chi connectivity index (χ1v) is 11.6. The number of pyridine rings is 1. The summed E-state index contributed by atoms with van der Waals surface area (Å²) < 4.78 is 7.05. The van der Waals surface area contributed by atoms with Crippen LogP contribution in [-0.2, 0) is 11.2 Å². The number of hydrogen-bond donors (Lipinski definition) is 1. The number of aliphatic hydroxyl groups is 1. The van der Waals surface area contributed by atoms with Gasteiger partial charge in [-0.15, -0.1) is 0 Å². The Morgan fingerprint density at radius 1 is 1.09 bits per heavy atom. The number of ether oxygens (including phenoxy) is 1. The molecule has 34 heavy (non-hydrogen) atoms. The molecule has 8 nitrogen and oxygen atoms in total. The number of hydrazone groups is 1. The third-order valence-electron chi connectivity index (χ3n) is 6.69. The summed E-state index contributed by atoms with van der Waals surface area (Å²) in [5, 5.41) is 19.2. The van der Waals surface area contributed by atoms with Gasteiger partial charge >= 0.3 is 0 Å². The van der Waals surface area contributed by atoms with Crippen molar-refractivity contribution in [3.63, 3.8) is 0 Å². The van der Waals surface area contributed by atoms with Gasteiger partial charge in [0.05, 0.1) is 36.0 Å². The van der Waals surface area contributed by atoms with E-state index >= 15 is 0 Å². The number of aliphatic hydroxyl groups excluding tert-OH is 1. The average molecular weight is 456 g/mol. The summed E-state index contributed by atoms with van der Waals surface area (Å²) in [5.74, 6) is 0.834. The van der Waals surface area contributed by atoms with Crippen LogP contribution in [0.3, 0.4) is 0 Å². The molecule has 2 aliphatic rings. The molecule has 8 heteroatoms. The van der Waals surface area contributed by atoms with E-state index in [0.717, 1.165) is 40.7 Å². The molecule has 2 aromatic carbocycles. The topological polar surface area (TPSA) is 92.8 Å². The van der Waals surface area contributed by atoms with Crippen LogP contribution in [0.1, 0.15) is 30.0 Å². The Bertz CT molecular complexity index is 1450. The van der Waals surface area contributed by atoms with Crippen molar-refractivity contribution in [1.29, 1.82) is 0 Å². The Morgan fingerprint density at radius 2 is 1.97 bits per heavy atom. The number of benzene rings is 2. The maximum Gasteiger partial charge on any atom is 0.261 e. The zero-order valence-corrected chi connectivity index (χ0v) is 18.7. The van der Waals surface area contributed by atoms with Crippen LogP contribution >= 0.6 is 0 Å². The number of rotatable bonds is 4. The predicted molar refractivity (Wildman–Crippen MR) is 131 cm³/mol. The van der Waals surface area contributed by atoms with E-state index in [1.807, 2.05) is 47.8 Å². The summed E-state index contributed by atoms with van der Waals surface area (Å²) in [6.07, 6.45) is 6.76. The van der Waals surface area contributed by atoms with Crippen molar-refractivity contribution >= 4 is 33.7 Å². The molecular weight excluding hydrogens is 430 g/mol. The molecule has 2 aromatic heterocycles. The molecule has 1 N–H and O–H groups in total. The zero-order valence-electron chi connectivity index (χ0n) is 18.7. The van der Waals surface area contributed by atoms with Gasteiger partial charge in [-0.05, 0) is 41.5 Å². The fourth-order valence-electron chi connectivity index (χ4n) is 4.87. The minimum absolute atomic E-state index is 0.160. The fourth-order valence-corrected chi connectivity index (χ4v) is 4.87. The van der Waals surface area contributed by atoms with Crippen LogP contribution in [0, 0.1) is 0 Å². The highest BCUT2D eigenvalue weighted by atomic mass is 16.5. The summed E-state index contributed by atoms with van der Waals surface area (Å²) in [6.45, 7) is 1.65. The van der Waals surface area contributed by atoms with Crippen LogP contribution in [0.5, 0.6) is 0 Å². The van der Waals surface area contributed by atoms with Crippen LogP contribution in [0.4, 0.5) is 5.82 Å². The monoisotopic (exact) mass is 455 g/mol. The van der Waals surface area contributed by atoms with Crippen molar-refractivity contribution < 1.29 is 9.84 Å². The van der Waals surface area contributed by atoms with Gasteiger partial charge in [0.1, 0.15) is 5.82 Å². The normalized spacial score (nSPS) is 20.4. The third-order valence-corrected chi connectivity index (χ3v) is 6.69. The molecule has 0 spiro atoms. The standard InChI is InChI=1S/C26H25N5O3/c32-23-8-11-34-15-22(23)30-16-28-25-20-5-2-1-4-19(20)18(13-21(25)26(30)33)12-17-6-7-24(27-14-17)31-10-3-9-29-31/h1-2,4-7,9,13-14,16,22-23,32H,3,8,10-12,15H2/t22-,23-/m0/s1. The lowest BCUT2D eigenvalue weighted by atomic mass is 9.96. The van der Waals surface area contributed by atoms with Crippen LogP contribution in [-0.4, -0.2) is 51.7 Å². The molecule has 0 aliphatic carbocycles. The van der Waals surface area contributed by atoms with E-state index in [4.69, 9.17) is 4.74 Å². The van der Waals surface area contributed by atoms with Gasteiger partial charge in [0, 0.05) is 37.4 Å². The van der Waals surface area contributed by atoms with Crippen LogP contribution < -0.4 is 10.6 Å². The Morgan fingerprint density at radius 3 is 2.74 bits per heavy atom. The van der Waals surface area contributed by atoms with E-state index in [9.17, 15) is 9.90 Å². The summed E-state index contributed by atoms with van der Waals surface area (Å²) in [7, 11) is 0. The maximum atomic E-state index is 13.5. The molecule has 6 rings (SSSR count). The molecule has 0 bridgehead atoms. The summed E-state index contributed by atoms with van der Waals surface area (Å²) >= 11 is 0. The minimum Gasteiger partial charge on any atom is -0.391 e. The van der Waals surface area contributed by atoms with Gasteiger partial charge in [-0.1, -0.05) is 30.3 Å². The number of fused-ring (bicyclic) bond motifs is 3. The first-order chi connectivity index (χ1) is 16.7. The second-order valence-corrected chi connectivity index (χ2v) is 8.84. The van der Waals surface area contributed by atoms with Gasteiger partial charge in [-0.2, -0.15) is 5.10 Å². The fraction of sp³-hybridized carbons (Fsp3) is 0.308. The molecule has 4 heterocycles. The summed E-state index contributed by atoms with van der Waals surface area (Å²) in [6, 6.07) is 13.6. The molecule has 2 atom stereocenters. The van der Waals surface area contributed by atoms with E-state index in [2.05, 4.69) is 27.2 Å². The Labute approximate surface area is 196 Å². The molecule has 2 aliphatic heterocycles. The highest BCUT2D eigenvalue weighted by Gasteiger charge is 2.27. The number of aromatic nitrogens is 3. The lowest BCUT2D eigenvalue weighted by Crippen LogP contribution is -2.39. The molecule has 1 saturated heterocycles. The highest BCUT2D eigenvalue weighted by Crippen LogP contribution is 2.29. The van der Waals surface area contributed by atoms with Gasteiger partial charge < -0.3 is 9.84 Å². The minimum atomic E-state index is -0.629. The SMILES string of the molecule is O=c1c2cc(Cc3ccc(N4CCC=N4)nc3)c3ccccc3c2ncn1[C@H]1COCC[C@@H]1O. The van der Waals surface area contributed by atoms with E-state index in [0.29, 0.717) is 37.0 Å². The van der Waals surface area contributed by atoms with Crippen LogP contribution in [0.15, 0.2) is 64.9 Å². The first kappa shape index (κ1) is 20.9. The van der Waals surface area contributed by atoms with Crippen molar-refractivity contribution in [1.82, 2.24) is 14.5 Å². The molecular formula is C26H25N5O3. The largest absolute Gasteiger partial charge is 0.391 e. The quantitative estimate of drug-likeness (QED) is 0.476. The van der Waals surface area contributed by atoms with Crippen LogP contribution in [0.25, 0.3) is 21.7 Å². The predicted octanol–water partition coefficient (Wildman–Crippen LogP) is 3.05.